The fourth-order valence-corrected chi connectivity index (χ4v) is 13.8. The summed E-state index contributed by atoms with van der Waals surface area (Å²) in [6, 6.07) is 84.8. The molecule has 9 aromatic heterocycles. The maximum absolute atomic E-state index is 14.0. The van der Waals surface area contributed by atoms with Crippen molar-refractivity contribution in [3.8, 4) is 63.8 Å². The molecule has 0 saturated carbocycles. The second kappa shape index (κ2) is 33.7. The van der Waals surface area contributed by atoms with Gasteiger partial charge in [0.2, 0.25) is 23.7 Å². The van der Waals surface area contributed by atoms with Crippen molar-refractivity contribution in [1.82, 2.24) is 71.0 Å². The van der Waals surface area contributed by atoms with Crippen molar-refractivity contribution in [2.45, 2.75) is 0 Å². The Bertz CT molecular complexity index is 6570. The summed E-state index contributed by atoms with van der Waals surface area (Å²) in [6.45, 7) is 0. The average Bonchev–Trinajstić information content (AvgIpc) is 1.59. The summed E-state index contributed by atoms with van der Waals surface area (Å²) in [5.74, 6) is 3.69. The molecule has 20 rings (SSSR count). The largest absolute Gasteiger partial charge is 2.00 e. The summed E-state index contributed by atoms with van der Waals surface area (Å²) in [6.07, 6.45) is 21.3. The molecule has 0 aliphatic rings. The third-order valence-electron chi connectivity index (χ3n) is 19.1. The van der Waals surface area contributed by atoms with Crippen LogP contribution in [0.3, 0.4) is 0 Å². The number of ether oxygens (including phenoxy) is 4. The first kappa shape index (κ1) is 79.0. The number of fused-ring (bicyclic) bond motifs is 9. The summed E-state index contributed by atoms with van der Waals surface area (Å²) in [4.78, 5) is 30.4. The van der Waals surface area contributed by atoms with E-state index < -0.39 is 0 Å². The molecular weight excluding hydrogens is 2030 g/mol. The molecule has 11 aromatic carbocycles. The molecule has 0 bridgehead atoms. The van der Waals surface area contributed by atoms with Gasteiger partial charge in [-0.2, -0.15) is 44.5 Å². The Hall–Kier alpha value is -13.3. The van der Waals surface area contributed by atoms with Gasteiger partial charge in [0.15, 0.2) is 0 Å². The van der Waals surface area contributed by atoms with Gasteiger partial charge in [0.1, 0.15) is 17.5 Å². The molecule has 27 heteroatoms. The number of aromatic nitrogens is 15. The molecule has 0 aliphatic carbocycles. The van der Waals surface area contributed by atoms with Crippen LogP contribution in [0.5, 0.6) is 46.8 Å². The predicted molar refractivity (Wildman–Crippen MR) is 431 cm³/mol. The Balaban J connectivity index is 0.000000138. The molecule has 0 N–H and O–H groups in total. The van der Waals surface area contributed by atoms with E-state index in [1.807, 2.05) is 192 Å². The molecule has 0 unspecified atom stereocenters. The first-order valence-corrected chi connectivity index (χ1v) is 36.0. The quantitative estimate of drug-likeness (QED) is 0.0793. The van der Waals surface area contributed by atoms with Gasteiger partial charge >= 0.3 is 63.2 Å². The van der Waals surface area contributed by atoms with Crippen LogP contribution >= 0.6 is 0 Å². The van der Waals surface area contributed by atoms with Crippen molar-refractivity contribution in [2.75, 3.05) is 9.80 Å². The maximum Gasteiger partial charge on any atom is 2.00 e. The van der Waals surface area contributed by atoms with Crippen LogP contribution in [0.4, 0.5) is 47.8 Å². The van der Waals surface area contributed by atoms with Crippen molar-refractivity contribution in [3.63, 3.8) is 0 Å². The molecule has 584 valence electrons. The zero-order chi connectivity index (χ0) is 77.7. The summed E-state index contributed by atoms with van der Waals surface area (Å²) >= 11 is 0. The molecular formula is C90H64F3N17O4Pt3. The van der Waals surface area contributed by atoms with E-state index in [4.69, 9.17) is 18.9 Å². The van der Waals surface area contributed by atoms with Gasteiger partial charge in [0, 0.05) is 143 Å². The van der Waals surface area contributed by atoms with E-state index in [2.05, 4.69) is 117 Å². The standard InChI is InChI=1S/C38H28FN7.2C26H18FN5O2.3Pt/c1-42-23-21-40-37(42)44(28-9-5-3-6-10-28)31-17-19-35-33(25-31)34-26-32(18-20-36(34)46(35)30-15-13-27(39)14-16-30)45(29-11-7-4-8-12-29)38-41-22-24-43(38)2;1-30-13-25(28-15-30)33-19-7-9-23-21(11-19)22-12-20(34-26-14-31(2)16-29-26)8-10-24(22)32(23)18-5-3-17(27)4-6-18;1-30-13-11-28-25(30)33-19-7-9-23-21(15-19)22-16-20(34-26-29-12-14-31(26)2)8-10-24(22)32(23)18-5-3-17(27)4-6-18;;;/h3-24H,1-2H3;3-10,13-16H,1-2H3;3-14H,1-2H3;;;/q3*-2;3*+2. The average molecular weight is 2090 g/mol. The first-order valence-electron chi connectivity index (χ1n) is 36.0. The van der Waals surface area contributed by atoms with E-state index >= 15 is 0 Å². The van der Waals surface area contributed by atoms with Crippen LogP contribution in [0.1, 0.15) is 0 Å². The van der Waals surface area contributed by atoms with Gasteiger partial charge in [-0.1, -0.05) is 69.5 Å². The molecule has 0 spiro atoms. The van der Waals surface area contributed by atoms with E-state index in [0.717, 1.165) is 117 Å². The predicted octanol–water partition coefficient (Wildman–Crippen LogP) is 20.1. The van der Waals surface area contributed by atoms with Crippen LogP contribution in [0.15, 0.2) is 281 Å². The van der Waals surface area contributed by atoms with Crippen molar-refractivity contribution >= 4 is 100 Å². The Morgan fingerprint density at radius 1 is 0.299 bits per heavy atom. The van der Waals surface area contributed by atoms with Gasteiger partial charge in [-0.25, -0.2) is 43.1 Å². The molecule has 0 atom stereocenters. The van der Waals surface area contributed by atoms with Crippen molar-refractivity contribution in [1.29, 1.82) is 0 Å². The summed E-state index contributed by atoms with van der Waals surface area (Å²) in [5.41, 5.74) is 11.4. The van der Waals surface area contributed by atoms with E-state index in [9.17, 15) is 13.2 Å². The molecule has 9 heterocycles. The fourth-order valence-electron chi connectivity index (χ4n) is 13.8. The van der Waals surface area contributed by atoms with Gasteiger partial charge in [-0.3, -0.25) is 9.80 Å². The molecule has 0 fully saturated rings. The van der Waals surface area contributed by atoms with E-state index in [1.54, 1.807) is 95.4 Å². The molecule has 0 aliphatic heterocycles. The van der Waals surface area contributed by atoms with Crippen LogP contribution in [-0.2, 0) is 105 Å². The second-order valence-corrected chi connectivity index (χ2v) is 26.8. The Labute approximate surface area is 711 Å². The number of hydrogen-bond donors (Lipinski definition) is 0. The zero-order valence-corrected chi connectivity index (χ0v) is 69.7. The monoisotopic (exact) mass is 2090 g/mol. The third-order valence-corrected chi connectivity index (χ3v) is 19.1. The van der Waals surface area contributed by atoms with Crippen molar-refractivity contribution in [3.05, 3.63) is 335 Å². The van der Waals surface area contributed by atoms with Gasteiger partial charge in [0.25, 0.3) is 12.0 Å². The zero-order valence-electron chi connectivity index (χ0n) is 62.9. The number of imidazole rings is 6. The fraction of sp³-hybridized carbons (Fsp3) is 0.0667. The summed E-state index contributed by atoms with van der Waals surface area (Å²) < 4.78 is 82.3. The van der Waals surface area contributed by atoms with Crippen LogP contribution < -0.4 is 28.7 Å². The van der Waals surface area contributed by atoms with Crippen LogP contribution in [0, 0.1) is 53.8 Å². The minimum Gasteiger partial charge on any atom is -0.459 e. The van der Waals surface area contributed by atoms with Gasteiger partial charge in [-0.05, 0) is 108 Å². The summed E-state index contributed by atoms with van der Waals surface area (Å²) in [7, 11) is 11.4. The third kappa shape index (κ3) is 15.8. The normalized spacial score (nSPS) is 11.1. The minimum atomic E-state index is -0.292. The molecule has 21 nitrogen and oxygen atoms in total. The minimum absolute atomic E-state index is 0. The molecule has 0 saturated heterocycles. The first-order chi connectivity index (χ1) is 55.7. The van der Waals surface area contributed by atoms with E-state index in [-0.39, 0.29) is 80.6 Å². The van der Waals surface area contributed by atoms with Gasteiger partial charge in [0.05, 0.1) is 25.0 Å². The number of aryl methyl sites for hydroxylation is 6. The number of hydrogen-bond acceptors (Lipinski definition) is 12. The SMILES string of the molecule is Cn1ccnc1N(c1[c-]c2c3[c-]c(N(c4ccccc4)c4nccn4C)ccc3n(-c3ccc(F)cc3)c2cc1)c1ccccc1.Cn1ccnc1Oc1[c-]c2c3[c-]c(Oc4nccn4C)ccc3n(-c3ccc(F)cc3)c2cc1.Cn1cnc(Oc2[c-]c3c4[c-]c(Oc5cn(C)cn5)ccc4n(-c4ccc(F)cc4)c3cc2)c1.[Pt+2].[Pt+2].[Pt+2]. The molecule has 117 heavy (non-hydrogen) atoms. The number of benzene rings is 11. The maximum atomic E-state index is 14.0. The van der Waals surface area contributed by atoms with Gasteiger partial charge in [-0.15, -0.1) is 97.1 Å². The Morgan fingerprint density at radius 3 is 0.872 bits per heavy atom. The number of para-hydroxylation sites is 2. The van der Waals surface area contributed by atoms with E-state index in [0.29, 0.717) is 46.8 Å². The van der Waals surface area contributed by atoms with Gasteiger partial charge < -0.3 is 60.1 Å². The van der Waals surface area contributed by atoms with Crippen LogP contribution in [-0.4, -0.2) is 71.0 Å². The number of rotatable bonds is 17. The smallest absolute Gasteiger partial charge is 0.459 e. The molecule has 0 radical (unpaired) electrons. The Morgan fingerprint density at radius 2 is 0.590 bits per heavy atom. The second-order valence-electron chi connectivity index (χ2n) is 26.8. The Kier molecular flexibility index (Phi) is 22.7. The van der Waals surface area contributed by atoms with Crippen molar-refractivity contribution < 1.29 is 95.3 Å². The summed E-state index contributed by atoms with van der Waals surface area (Å²) in [5, 5.41) is 4.91. The number of halogens is 3. The van der Waals surface area contributed by atoms with Crippen LogP contribution in [0.2, 0.25) is 0 Å². The van der Waals surface area contributed by atoms with Crippen molar-refractivity contribution in [2.24, 2.45) is 42.3 Å². The molecule has 0 amide bonds. The van der Waals surface area contributed by atoms with Crippen LogP contribution in [0.25, 0.3) is 82.5 Å². The number of anilines is 6. The topological polar surface area (TPSA) is 165 Å². The molecule has 20 aromatic rings. The number of nitrogens with zero attached hydrogens (tertiary/aromatic N) is 17. The van der Waals surface area contributed by atoms with E-state index in [1.165, 1.54) is 36.4 Å².